The molecule has 1 fully saturated rings. The van der Waals surface area contributed by atoms with Crippen LogP contribution in [-0.2, 0) is 22.6 Å². The Bertz CT molecular complexity index is 917. The molecule has 1 atom stereocenters. The minimum atomic E-state index is -0.535. The predicted octanol–water partition coefficient (Wildman–Crippen LogP) is 5.23. The number of hydrogen-bond acceptors (Lipinski definition) is 3. The Balaban J connectivity index is 1.71. The van der Waals surface area contributed by atoms with Gasteiger partial charge in [-0.3, -0.25) is 9.59 Å². The van der Waals surface area contributed by atoms with E-state index in [1.165, 1.54) is 5.56 Å². The van der Waals surface area contributed by atoms with E-state index in [0.717, 1.165) is 42.6 Å². The van der Waals surface area contributed by atoms with Gasteiger partial charge in [-0.1, -0.05) is 63.1 Å². The van der Waals surface area contributed by atoms with E-state index in [2.05, 4.69) is 43.4 Å². The summed E-state index contributed by atoms with van der Waals surface area (Å²) in [4.78, 5) is 28.1. The number of rotatable bonds is 10. The molecule has 2 amide bonds. The molecular formula is C28H38N2O3. The van der Waals surface area contributed by atoms with Gasteiger partial charge in [-0.25, -0.2) is 0 Å². The van der Waals surface area contributed by atoms with Crippen LogP contribution in [0.25, 0.3) is 0 Å². The lowest BCUT2D eigenvalue weighted by molar-refractivity contribution is -0.140. The molecule has 33 heavy (non-hydrogen) atoms. The fourth-order valence-corrected chi connectivity index (χ4v) is 4.41. The van der Waals surface area contributed by atoms with Crippen LogP contribution in [0.3, 0.4) is 0 Å². The average Bonchev–Trinajstić information content (AvgIpc) is 3.34. The van der Waals surface area contributed by atoms with Crippen LogP contribution in [0, 0.1) is 0 Å². The number of amides is 2. The quantitative estimate of drug-likeness (QED) is 0.539. The van der Waals surface area contributed by atoms with E-state index in [0.29, 0.717) is 25.3 Å². The summed E-state index contributed by atoms with van der Waals surface area (Å²) < 4.78 is 5.34. The van der Waals surface area contributed by atoms with Gasteiger partial charge in [-0.05, 0) is 60.9 Å². The van der Waals surface area contributed by atoms with Crippen molar-refractivity contribution in [1.82, 2.24) is 10.2 Å². The zero-order valence-corrected chi connectivity index (χ0v) is 20.5. The number of carbonyl (C=O) groups is 2. The summed E-state index contributed by atoms with van der Waals surface area (Å²) in [6, 6.07) is 15.9. The molecule has 1 aliphatic rings. The van der Waals surface area contributed by atoms with Crippen molar-refractivity contribution in [1.29, 1.82) is 0 Å². The molecule has 0 radical (unpaired) electrons. The van der Waals surface area contributed by atoms with Crippen molar-refractivity contribution in [3.8, 4) is 5.75 Å². The molecule has 2 aromatic rings. The Morgan fingerprint density at radius 3 is 2.36 bits per heavy atom. The van der Waals surface area contributed by atoms with E-state index in [1.807, 2.05) is 31.2 Å². The summed E-state index contributed by atoms with van der Waals surface area (Å²) in [5, 5.41) is 3.16. The zero-order chi connectivity index (χ0) is 23.8. The maximum atomic E-state index is 13.3. The largest absolute Gasteiger partial charge is 0.497 e. The van der Waals surface area contributed by atoms with Crippen molar-refractivity contribution < 1.29 is 14.3 Å². The van der Waals surface area contributed by atoms with Crippen molar-refractivity contribution >= 4 is 11.8 Å². The first-order chi connectivity index (χ1) is 15.9. The lowest BCUT2D eigenvalue weighted by atomic mass is 10.00. The van der Waals surface area contributed by atoms with Crippen LogP contribution in [0.2, 0.25) is 0 Å². The second-order valence-corrected chi connectivity index (χ2v) is 9.44. The fraction of sp³-hybridized carbons (Fsp3) is 0.500. The Labute approximate surface area is 198 Å². The lowest BCUT2D eigenvalue weighted by Gasteiger charge is -2.30. The molecule has 178 valence electrons. The van der Waals surface area contributed by atoms with E-state index in [4.69, 9.17) is 4.74 Å². The number of nitrogens with zero attached hydrogens (tertiary/aromatic N) is 1. The number of hydrogen-bond donors (Lipinski definition) is 1. The first kappa shape index (κ1) is 24.8. The third-order valence-electron chi connectivity index (χ3n) is 6.63. The average molecular weight is 451 g/mol. The summed E-state index contributed by atoms with van der Waals surface area (Å²) >= 11 is 0. The minimum absolute atomic E-state index is 0.0140. The van der Waals surface area contributed by atoms with Gasteiger partial charge < -0.3 is 15.0 Å². The number of ether oxygens (including phenoxy) is 1. The van der Waals surface area contributed by atoms with Crippen LogP contribution >= 0.6 is 0 Å². The third kappa shape index (κ3) is 7.08. The highest BCUT2D eigenvalue weighted by Gasteiger charge is 2.28. The molecule has 5 nitrogen and oxygen atoms in total. The SMILES string of the molecule is COc1cccc(CN(C(=O)CCc2ccc(C(C)C)cc2)[C@H](C)C(=O)NC2CCCC2)c1. The summed E-state index contributed by atoms with van der Waals surface area (Å²) in [6.07, 6.45) is 5.38. The highest BCUT2D eigenvalue weighted by atomic mass is 16.5. The number of nitrogens with one attached hydrogen (secondary N) is 1. The van der Waals surface area contributed by atoms with Gasteiger partial charge >= 0.3 is 0 Å². The van der Waals surface area contributed by atoms with Gasteiger partial charge in [0, 0.05) is 19.0 Å². The van der Waals surface area contributed by atoms with Crippen LogP contribution in [0.4, 0.5) is 0 Å². The molecule has 0 heterocycles. The topological polar surface area (TPSA) is 58.6 Å². The molecule has 0 spiro atoms. The Kier molecular flexibility index (Phi) is 8.93. The van der Waals surface area contributed by atoms with E-state index in [9.17, 15) is 9.59 Å². The van der Waals surface area contributed by atoms with Crippen LogP contribution < -0.4 is 10.1 Å². The maximum Gasteiger partial charge on any atom is 0.242 e. The number of aryl methyl sites for hydroxylation is 1. The van der Waals surface area contributed by atoms with Crippen molar-refractivity contribution in [3.63, 3.8) is 0 Å². The molecule has 0 aliphatic heterocycles. The third-order valence-corrected chi connectivity index (χ3v) is 6.63. The molecule has 1 N–H and O–H groups in total. The molecule has 0 unspecified atom stereocenters. The molecule has 1 aliphatic carbocycles. The molecule has 2 aromatic carbocycles. The van der Waals surface area contributed by atoms with E-state index < -0.39 is 6.04 Å². The molecule has 0 aromatic heterocycles. The highest BCUT2D eigenvalue weighted by Crippen LogP contribution is 2.21. The molecular weight excluding hydrogens is 412 g/mol. The van der Waals surface area contributed by atoms with Gasteiger partial charge in [0.2, 0.25) is 11.8 Å². The van der Waals surface area contributed by atoms with Gasteiger partial charge in [0.1, 0.15) is 11.8 Å². The van der Waals surface area contributed by atoms with Crippen molar-refractivity contribution in [2.45, 2.75) is 83.8 Å². The van der Waals surface area contributed by atoms with Crippen LogP contribution in [0.5, 0.6) is 5.75 Å². The standard InChI is InChI=1S/C28H38N2O3/c1-20(2)24-15-12-22(13-16-24)14-17-27(31)30(19-23-8-7-11-26(18-23)33-4)21(3)28(32)29-25-9-5-6-10-25/h7-8,11-13,15-16,18,20-21,25H,5-6,9-10,14,17,19H2,1-4H3,(H,29,32)/t21-/m1/s1. The van der Waals surface area contributed by atoms with Crippen molar-refractivity contribution in [2.75, 3.05) is 7.11 Å². The Hall–Kier alpha value is -2.82. The van der Waals surface area contributed by atoms with Crippen molar-refractivity contribution in [2.24, 2.45) is 0 Å². The van der Waals surface area contributed by atoms with E-state index in [1.54, 1.807) is 12.0 Å². The summed E-state index contributed by atoms with van der Waals surface area (Å²) in [6.45, 7) is 6.56. The van der Waals surface area contributed by atoms with Crippen LogP contribution in [0.1, 0.15) is 75.5 Å². The van der Waals surface area contributed by atoms with E-state index >= 15 is 0 Å². The number of methoxy groups -OCH3 is 1. The zero-order valence-electron chi connectivity index (χ0n) is 20.5. The smallest absolute Gasteiger partial charge is 0.242 e. The second-order valence-electron chi connectivity index (χ2n) is 9.44. The predicted molar refractivity (Wildman–Crippen MR) is 132 cm³/mol. The van der Waals surface area contributed by atoms with Gasteiger partial charge in [0.15, 0.2) is 0 Å². The monoisotopic (exact) mass is 450 g/mol. The highest BCUT2D eigenvalue weighted by molar-refractivity contribution is 5.87. The number of benzene rings is 2. The molecule has 5 heteroatoms. The van der Waals surface area contributed by atoms with Gasteiger partial charge in [-0.15, -0.1) is 0 Å². The molecule has 3 rings (SSSR count). The fourth-order valence-electron chi connectivity index (χ4n) is 4.41. The second kappa shape index (κ2) is 11.9. The normalized spacial score (nSPS) is 14.8. The van der Waals surface area contributed by atoms with Gasteiger partial charge in [0.25, 0.3) is 0 Å². The van der Waals surface area contributed by atoms with E-state index in [-0.39, 0.29) is 17.9 Å². The molecule has 0 saturated heterocycles. The van der Waals surface area contributed by atoms with Crippen molar-refractivity contribution in [3.05, 3.63) is 65.2 Å². The Morgan fingerprint density at radius 1 is 1.03 bits per heavy atom. The number of carbonyl (C=O) groups excluding carboxylic acids is 2. The summed E-state index contributed by atoms with van der Waals surface area (Å²) in [5.74, 6) is 1.14. The Morgan fingerprint density at radius 2 is 1.73 bits per heavy atom. The molecule has 1 saturated carbocycles. The molecule has 0 bridgehead atoms. The summed E-state index contributed by atoms with van der Waals surface area (Å²) in [7, 11) is 1.63. The van der Waals surface area contributed by atoms with Crippen LogP contribution in [-0.4, -0.2) is 35.9 Å². The van der Waals surface area contributed by atoms with Gasteiger partial charge in [0.05, 0.1) is 7.11 Å². The van der Waals surface area contributed by atoms with Gasteiger partial charge in [-0.2, -0.15) is 0 Å². The minimum Gasteiger partial charge on any atom is -0.497 e. The maximum absolute atomic E-state index is 13.3. The summed E-state index contributed by atoms with van der Waals surface area (Å²) in [5.41, 5.74) is 3.38. The lowest BCUT2D eigenvalue weighted by Crippen LogP contribution is -2.49. The van der Waals surface area contributed by atoms with Crippen LogP contribution in [0.15, 0.2) is 48.5 Å². The first-order valence-electron chi connectivity index (χ1n) is 12.2. The first-order valence-corrected chi connectivity index (χ1v) is 12.2.